The highest BCUT2D eigenvalue weighted by Crippen LogP contribution is 2.15. The molecular weight excluding hydrogens is 254 g/mol. The van der Waals surface area contributed by atoms with Crippen molar-refractivity contribution in [3.8, 4) is 5.75 Å². The third kappa shape index (κ3) is 7.14. The number of hydrogen-bond acceptors (Lipinski definition) is 3. The van der Waals surface area contributed by atoms with E-state index in [-0.39, 0.29) is 6.42 Å². The van der Waals surface area contributed by atoms with E-state index in [4.69, 9.17) is 9.84 Å². The normalized spacial score (nSPS) is 12.1. The highest BCUT2D eigenvalue weighted by Gasteiger charge is 2.02. The molecular formula is C16H25NO3. The molecule has 0 aliphatic heterocycles. The van der Waals surface area contributed by atoms with Crippen LogP contribution >= 0.6 is 0 Å². The van der Waals surface area contributed by atoms with Gasteiger partial charge in [0.2, 0.25) is 0 Å². The number of unbranched alkanes of at least 4 members (excludes halogenated alkanes) is 2. The van der Waals surface area contributed by atoms with Gasteiger partial charge in [0.15, 0.2) is 0 Å². The fourth-order valence-electron chi connectivity index (χ4n) is 1.96. The van der Waals surface area contributed by atoms with Gasteiger partial charge < -0.3 is 15.2 Å². The standard InChI is InChI=1S/C16H25NO3/c1-13(17-2)11-14-7-6-8-15(12-14)20-10-5-3-4-9-16(18)19/h6-8,12-13,17H,3-5,9-11H2,1-2H3,(H,18,19). The van der Waals surface area contributed by atoms with Crippen LogP contribution in [0.1, 0.15) is 38.2 Å². The molecule has 0 aliphatic carbocycles. The third-order valence-corrected chi connectivity index (χ3v) is 3.24. The molecule has 1 aromatic rings. The van der Waals surface area contributed by atoms with Gasteiger partial charge in [-0.1, -0.05) is 12.1 Å². The van der Waals surface area contributed by atoms with Gasteiger partial charge in [0, 0.05) is 12.5 Å². The first kappa shape index (κ1) is 16.5. The lowest BCUT2D eigenvalue weighted by molar-refractivity contribution is -0.137. The molecule has 0 aliphatic rings. The number of benzene rings is 1. The fraction of sp³-hybridized carbons (Fsp3) is 0.562. The molecule has 0 aromatic heterocycles. The van der Waals surface area contributed by atoms with Gasteiger partial charge in [-0.3, -0.25) is 4.79 Å². The molecule has 1 aromatic carbocycles. The Labute approximate surface area is 121 Å². The second-order valence-corrected chi connectivity index (χ2v) is 5.09. The summed E-state index contributed by atoms with van der Waals surface area (Å²) in [6, 6.07) is 8.60. The third-order valence-electron chi connectivity index (χ3n) is 3.24. The van der Waals surface area contributed by atoms with E-state index in [1.54, 1.807) is 0 Å². The second kappa shape index (κ2) is 9.37. The average molecular weight is 279 g/mol. The van der Waals surface area contributed by atoms with E-state index in [0.717, 1.165) is 31.4 Å². The Balaban J connectivity index is 2.26. The second-order valence-electron chi connectivity index (χ2n) is 5.09. The highest BCUT2D eigenvalue weighted by atomic mass is 16.5. The van der Waals surface area contributed by atoms with Gasteiger partial charge in [0.1, 0.15) is 5.75 Å². The molecule has 1 unspecified atom stereocenters. The van der Waals surface area contributed by atoms with E-state index in [9.17, 15) is 4.79 Å². The van der Waals surface area contributed by atoms with Gasteiger partial charge in [-0.15, -0.1) is 0 Å². The van der Waals surface area contributed by atoms with Gasteiger partial charge >= 0.3 is 5.97 Å². The molecule has 1 rings (SSSR count). The summed E-state index contributed by atoms with van der Waals surface area (Å²) in [7, 11) is 1.96. The summed E-state index contributed by atoms with van der Waals surface area (Å²) in [5.74, 6) is 0.168. The van der Waals surface area contributed by atoms with Gasteiger partial charge in [-0.25, -0.2) is 0 Å². The average Bonchev–Trinajstić information content (AvgIpc) is 2.42. The molecule has 20 heavy (non-hydrogen) atoms. The van der Waals surface area contributed by atoms with Crippen LogP contribution in [-0.4, -0.2) is 30.8 Å². The van der Waals surface area contributed by atoms with E-state index in [1.807, 2.05) is 19.2 Å². The summed E-state index contributed by atoms with van der Waals surface area (Å²) in [4.78, 5) is 10.4. The summed E-state index contributed by atoms with van der Waals surface area (Å²) in [5, 5.41) is 11.8. The monoisotopic (exact) mass is 279 g/mol. The zero-order valence-corrected chi connectivity index (χ0v) is 12.4. The lowest BCUT2D eigenvalue weighted by Crippen LogP contribution is -2.23. The highest BCUT2D eigenvalue weighted by molar-refractivity contribution is 5.66. The molecule has 0 heterocycles. The number of hydrogen-bond donors (Lipinski definition) is 2. The van der Waals surface area contributed by atoms with Crippen molar-refractivity contribution < 1.29 is 14.6 Å². The molecule has 0 amide bonds. The molecule has 0 bridgehead atoms. The molecule has 0 spiro atoms. The van der Waals surface area contributed by atoms with E-state index in [1.165, 1.54) is 5.56 Å². The summed E-state index contributed by atoms with van der Waals surface area (Å²) in [6.07, 6.45) is 3.73. The van der Waals surface area contributed by atoms with Crippen molar-refractivity contribution in [1.82, 2.24) is 5.32 Å². The van der Waals surface area contributed by atoms with Crippen molar-refractivity contribution in [3.05, 3.63) is 29.8 Å². The molecule has 1 atom stereocenters. The molecule has 0 saturated carbocycles. The Morgan fingerprint density at radius 3 is 2.85 bits per heavy atom. The quantitative estimate of drug-likeness (QED) is 0.647. The van der Waals surface area contributed by atoms with Crippen LogP contribution in [0, 0.1) is 0 Å². The number of ether oxygens (including phenoxy) is 1. The Morgan fingerprint density at radius 1 is 1.35 bits per heavy atom. The Hall–Kier alpha value is -1.55. The summed E-state index contributed by atoms with van der Waals surface area (Å²) < 4.78 is 5.70. The maximum Gasteiger partial charge on any atom is 0.303 e. The number of carboxylic acids is 1. The number of rotatable bonds is 10. The first-order chi connectivity index (χ1) is 9.61. The molecule has 2 N–H and O–H groups in total. The largest absolute Gasteiger partial charge is 0.494 e. The van der Waals surface area contributed by atoms with Crippen molar-refractivity contribution in [3.63, 3.8) is 0 Å². The molecule has 112 valence electrons. The van der Waals surface area contributed by atoms with E-state index in [0.29, 0.717) is 12.6 Å². The first-order valence-electron chi connectivity index (χ1n) is 7.22. The van der Waals surface area contributed by atoms with E-state index in [2.05, 4.69) is 24.4 Å². The van der Waals surface area contributed by atoms with Gasteiger partial charge in [0.05, 0.1) is 6.61 Å². The Bertz CT molecular complexity index is 406. The number of carbonyl (C=O) groups is 1. The number of nitrogens with one attached hydrogen (secondary N) is 1. The predicted molar refractivity (Wildman–Crippen MR) is 80.3 cm³/mol. The topological polar surface area (TPSA) is 58.6 Å². The minimum Gasteiger partial charge on any atom is -0.494 e. The SMILES string of the molecule is CNC(C)Cc1cccc(OCCCCCC(=O)O)c1. The molecule has 4 heteroatoms. The van der Waals surface area contributed by atoms with Crippen LogP contribution in [-0.2, 0) is 11.2 Å². The molecule has 0 radical (unpaired) electrons. The molecule has 4 nitrogen and oxygen atoms in total. The minimum absolute atomic E-state index is 0.247. The Morgan fingerprint density at radius 2 is 2.15 bits per heavy atom. The maximum absolute atomic E-state index is 10.4. The van der Waals surface area contributed by atoms with Crippen molar-refractivity contribution in [2.24, 2.45) is 0 Å². The van der Waals surface area contributed by atoms with Crippen LogP contribution in [0.2, 0.25) is 0 Å². The lowest BCUT2D eigenvalue weighted by Gasteiger charge is -2.11. The number of aliphatic carboxylic acids is 1. The van der Waals surface area contributed by atoms with E-state index >= 15 is 0 Å². The smallest absolute Gasteiger partial charge is 0.303 e. The molecule has 0 saturated heterocycles. The molecule has 0 fully saturated rings. The first-order valence-corrected chi connectivity index (χ1v) is 7.22. The van der Waals surface area contributed by atoms with Gasteiger partial charge in [-0.2, -0.15) is 0 Å². The van der Waals surface area contributed by atoms with Crippen LogP contribution in [0.15, 0.2) is 24.3 Å². The van der Waals surface area contributed by atoms with Crippen LogP contribution < -0.4 is 10.1 Å². The van der Waals surface area contributed by atoms with Crippen molar-refractivity contribution in [2.75, 3.05) is 13.7 Å². The zero-order valence-electron chi connectivity index (χ0n) is 12.4. The fourth-order valence-corrected chi connectivity index (χ4v) is 1.96. The number of likely N-dealkylation sites (N-methyl/N-ethyl adjacent to an activating group) is 1. The van der Waals surface area contributed by atoms with Crippen molar-refractivity contribution in [2.45, 2.75) is 45.1 Å². The summed E-state index contributed by atoms with van der Waals surface area (Å²) in [5.41, 5.74) is 1.26. The summed E-state index contributed by atoms with van der Waals surface area (Å²) in [6.45, 7) is 2.79. The maximum atomic E-state index is 10.4. The zero-order chi connectivity index (χ0) is 14.8. The Kier molecular flexibility index (Phi) is 7.73. The minimum atomic E-state index is -0.725. The van der Waals surface area contributed by atoms with Gasteiger partial charge in [-0.05, 0) is 57.4 Å². The lowest BCUT2D eigenvalue weighted by atomic mass is 10.1. The predicted octanol–water partition coefficient (Wildman–Crippen LogP) is 2.86. The van der Waals surface area contributed by atoms with Crippen molar-refractivity contribution >= 4 is 5.97 Å². The van der Waals surface area contributed by atoms with Gasteiger partial charge in [0.25, 0.3) is 0 Å². The van der Waals surface area contributed by atoms with Crippen LogP contribution in [0.25, 0.3) is 0 Å². The van der Waals surface area contributed by atoms with Crippen LogP contribution in [0.4, 0.5) is 0 Å². The van der Waals surface area contributed by atoms with Crippen LogP contribution in [0.5, 0.6) is 5.75 Å². The van der Waals surface area contributed by atoms with Crippen molar-refractivity contribution in [1.29, 1.82) is 0 Å². The van der Waals surface area contributed by atoms with Crippen LogP contribution in [0.3, 0.4) is 0 Å². The van der Waals surface area contributed by atoms with E-state index < -0.39 is 5.97 Å². The number of carboxylic acid groups (broad SMARTS) is 1. The summed E-state index contributed by atoms with van der Waals surface area (Å²) >= 11 is 0.